The van der Waals surface area contributed by atoms with Crippen molar-refractivity contribution in [1.29, 1.82) is 0 Å². The van der Waals surface area contributed by atoms with Gasteiger partial charge in [-0.1, -0.05) is 24.3 Å². The Bertz CT molecular complexity index is 399. The van der Waals surface area contributed by atoms with E-state index >= 15 is 0 Å². The number of likely N-dealkylation sites (tertiary alicyclic amines) is 1. The summed E-state index contributed by atoms with van der Waals surface area (Å²) in [7, 11) is 2.20. The fraction of sp³-hybridized carbons (Fsp3) is 0.600. The molecule has 0 radical (unpaired) electrons. The van der Waals surface area contributed by atoms with Gasteiger partial charge in [-0.15, -0.1) is 0 Å². The van der Waals surface area contributed by atoms with E-state index < -0.39 is 0 Å². The standard InChI is InChI=1S/C15H22N2O/c1-17-8-11(7-16)6-15(17)13-4-2-12(3-5-13)14-9-18-10-14/h2-5,11,14-15H,6-10,16H2,1H3. The van der Waals surface area contributed by atoms with E-state index in [1.54, 1.807) is 0 Å². The molecule has 0 bridgehead atoms. The summed E-state index contributed by atoms with van der Waals surface area (Å²) in [5, 5.41) is 0. The zero-order valence-corrected chi connectivity index (χ0v) is 11.0. The maximum atomic E-state index is 5.79. The van der Waals surface area contributed by atoms with Crippen molar-refractivity contribution in [2.45, 2.75) is 18.4 Å². The summed E-state index contributed by atoms with van der Waals surface area (Å²) in [6.45, 7) is 3.70. The first-order valence-corrected chi connectivity index (χ1v) is 6.86. The first-order chi connectivity index (χ1) is 8.78. The molecule has 3 nitrogen and oxygen atoms in total. The first-order valence-electron chi connectivity index (χ1n) is 6.86. The molecule has 3 heteroatoms. The van der Waals surface area contributed by atoms with Crippen LogP contribution in [0.25, 0.3) is 0 Å². The Morgan fingerprint density at radius 3 is 2.39 bits per heavy atom. The van der Waals surface area contributed by atoms with Gasteiger partial charge in [-0.3, -0.25) is 4.90 Å². The minimum absolute atomic E-state index is 0.547. The van der Waals surface area contributed by atoms with Crippen molar-refractivity contribution >= 4 is 0 Å². The van der Waals surface area contributed by atoms with Gasteiger partial charge in [0.15, 0.2) is 0 Å². The van der Waals surface area contributed by atoms with Crippen LogP contribution in [0.5, 0.6) is 0 Å². The van der Waals surface area contributed by atoms with Gasteiger partial charge < -0.3 is 10.5 Å². The largest absolute Gasteiger partial charge is 0.380 e. The smallest absolute Gasteiger partial charge is 0.0557 e. The van der Waals surface area contributed by atoms with Gasteiger partial charge in [0, 0.05) is 18.5 Å². The Morgan fingerprint density at radius 1 is 1.22 bits per heavy atom. The monoisotopic (exact) mass is 246 g/mol. The minimum atomic E-state index is 0.547. The van der Waals surface area contributed by atoms with Gasteiger partial charge in [-0.2, -0.15) is 0 Å². The summed E-state index contributed by atoms with van der Waals surface area (Å²) in [5.74, 6) is 1.27. The highest BCUT2D eigenvalue weighted by Crippen LogP contribution is 2.34. The highest BCUT2D eigenvalue weighted by Gasteiger charge is 2.29. The van der Waals surface area contributed by atoms with Crippen molar-refractivity contribution < 1.29 is 4.74 Å². The molecule has 2 unspecified atom stereocenters. The third kappa shape index (κ3) is 2.18. The van der Waals surface area contributed by atoms with Crippen LogP contribution in [-0.4, -0.2) is 38.3 Å². The Kier molecular flexibility index (Phi) is 3.37. The third-order valence-corrected chi connectivity index (χ3v) is 4.40. The van der Waals surface area contributed by atoms with E-state index in [1.807, 2.05) is 0 Å². The van der Waals surface area contributed by atoms with Crippen molar-refractivity contribution in [3.8, 4) is 0 Å². The topological polar surface area (TPSA) is 38.5 Å². The van der Waals surface area contributed by atoms with E-state index in [-0.39, 0.29) is 0 Å². The van der Waals surface area contributed by atoms with Gasteiger partial charge in [0.1, 0.15) is 0 Å². The van der Waals surface area contributed by atoms with Crippen LogP contribution in [-0.2, 0) is 4.74 Å². The number of hydrogen-bond acceptors (Lipinski definition) is 3. The second-order valence-corrected chi connectivity index (χ2v) is 5.69. The molecule has 0 amide bonds. The lowest BCUT2D eigenvalue weighted by atomic mass is 9.94. The predicted octanol–water partition coefficient (Wildman–Crippen LogP) is 1.75. The molecule has 3 rings (SSSR count). The van der Waals surface area contributed by atoms with Gasteiger partial charge in [-0.25, -0.2) is 0 Å². The Labute approximate surface area is 109 Å². The molecule has 2 N–H and O–H groups in total. The summed E-state index contributed by atoms with van der Waals surface area (Å²) < 4.78 is 5.24. The minimum Gasteiger partial charge on any atom is -0.380 e. The van der Waals surface area contributed by atoms with Crippen LogP contribution >= 0.6 is 0 Å². The molecule has 0 aliphatic carbocycles. The molecule has 2 atom stereocenters. The SMILES string of the molecule is CN1CC(CN)CC1c1ccc(C2COC2)cc1. The molecule has 18 heavy (non-hydrogen) atoms. The van der Waals surface area contributed by atoms with Crippen LogP contribution in [0.15, 0.2) is 24.3 Å². The summed E-state index contributed by atoms with van der Waals surface area (Å²) in [5.41, 5.74) is 8.63. The van der Waals surface area contributed by atoms with Gasteiger partial charge in [0.25, 0.3) is 0 Å². The van der Waals surface area contributed by atoms with E-state index in [9.17, 15) is 0 Å². The highest BCUT2D eigenvalue weighted by atomic mass is 16.5. The zero-order valence-electron chi connectivity index (χ0n) is 11.0. The lowest BCUT2D eigenvalue weighted by Crippen LogP contribution is -2.25. The molecule has 0 saturated carbocycles. The number of hydrogen-bond donors (Lipinski definition) is 1. The lowest BCUT2D eigenvalue weighted by molar-refractivity contribution is 0.00841. The molecule has 0 aromatic heterocycles. The van der Waals surface area contributed by atoms with E-state index in [4.69, 9.17) is 10.5 Å². The molecule has 0 spiro atoms. The van der Waals surface area contributed by atoms with E-state index in [0.29, 0.717) is 17.9 Å². The van der Waals surface area contributed by atoms with Gasteiger partial charge in [-0.05, 0) is 37.1 Å². The first kappa shape index (κ1) is 12.2. The summed E-state index contributed by atoms with van der Waals surface area (Å²) in [4.78, 5) is 2.43. The molecule has 1 aromatic carbocycles. The van der Waals surface area contributed by atoms with E-state index in [0.717, 1.165) is 26.3 Å². The number of nitrogens with zero attached hydrogens (tertiary/aromatic N) is 1. The van der Waals surface area contributed by atoms with Gasteiger partial charge >= 0.3 is 0 Å². The number of nitrogens with two attached hydrogens (primary N) is 1. The molecular weight excluding hydrogens is 224 g/mol. The molecule has 2 aliphatic heterocycles. The second kappa shape index (κ2) is 5.00. The average Bonchev–Trinajstić information content (AvgIpc) is 2.70. The Balaban J connectivity index is 1.72. The van der Waals surface area contributed by atoms with Crippen molar-refractivity contribution in [2.24, 2.45) is 11.7 Å². The van der Waals surface area contributed by atoms with Crippen molar-refractivity contribution in [3.63, 3.8) is 0 Å². The van der Waals surface area contributed by atoms with Crippen molar-refractivity contribution in [2.75, 3.05) is 33.4 Å². The van der Waals surface area contributed by atoms with Crippen LogP contribution in [0.1, 0.15) is 29.5 Å². The molecule has 98 valence electrons. The van der Waals surface area contributed by atoms with Crippen LogP contribution in [0.4, 0.5) is 0 Å². The fourth-order valence-electron chi connectivity index (χ4n) is 3.08. The number of benzene rings is 1. The predicted molar refractivity (Wildman–Crippen MR) is 72.5 cm³/mol. The normalized spacial score (nSPS) is 29.4. The Morgan fingerprint density at radius 2 is 1.89 bits per heavy atom. The maximum Gasteiger partial charge on any atom is 0.0557 e. The van der Waals surface area contributed by atoms with Crippen LogP contribution in [0.2, 0.25) is 0 Å². The van der Waals surface area contributed by atoms with Crippen LogP contribution < -0.4 is 5.73 Å². The summed E-state index contributed by atoms with van der Waals surface area (Å²) in [6, 6.07) is 9.66. The quantitative estimate of drug-likeness (QED) is 0.883. The lowest BCUT2D eigenvalue weighted by Gasteiger charge is -2.27. The molecule has 2 heterocycles. The summed E-state index contributed by atoms with van der Waals surface area (Å²) >= 11 is 0. The third-order valence-electron chi connectivity index (χ3n) is 4.40. The average molecular weight is 246 g/mol. The highest BCUT2D eigenvalue weighted by molar-refractivity contribution is 5.29. The fourth-order valence-corrected chi connectivity index (χ4v) is 3.08. The van der Waals surface area contributed by atoms with Crippen LogP contribution in [0.3, 0.4) is 0 Å². The van der Waals surface area contributed by atoms with E-state index in [2.05, 4.69) is 36.2 Å². The summed E-state index contributed by atoms with van der Waals surface area (Å²) in [6.07, 6.45) is 1.19. The number of rotatable bonds is 3. The van der Waals surface area contributed by atoms with Gasteiger partial charge in [0.05, 0.1) is 13.2 Å². The van der Waals surface area contributed by atoms with Crippen molar-refractivity contribution in [3.05, 3.63) is 35.4 Å². The zero-order chi connectivity index (χ0) is 12.5. The Hall–Kier alpha value is -0.900. The van der Waals surface area contributed by atoms with Crippen molar-refractivity contribution in [1.82, 2.24) is 4.90 Å². The second-order valence-electron chi connectivity index (χ2n) is 5.69. The molecule has 2 aliphatic rings. The molecule has 1 aromatic rings. The molecule has 2 saturated heterocycles. The van der Waals surface area contributed by atoms with Crippen LogP contribution in [0, 0.1) is 5.92 Å². The molecular formula is C15H22N2O. The number of ether oxygens (including phenoxy) is 1. The van der Waals surface area contributed by atoms with Gasteiger partial charge in [0.2, 0.25) is 0 Å². The maximum absolute atomic E-state index is 5.79. The molecule has 2 fully saturated rings. The van der Waals surface area contributed by atoms with E-state index in [1.165, 1.54) is 17.5 Å².